The third kappa shape index (κ3) is 2.24. The minimum atomic E-state index is 0.627. The van der Waals surface area contributed by atoms with Gasteiger partial charge < -0.3 is 10.5 Å². The molecule has 0 saturated carbocycles. The minimum absolute atomic E-state index is 0.627. The lowest BCUT2D eigenvalue weighted by molar-refractivity contribution is 0.412. The van der Waals surface area contributed by atoms with Gasteiger partial charge in [-0.25, -0.2) is 0 Å². The summed E-state index contributed by atoms with van der Waals surface area (Å²) in [4.78, 5) is 0. The molecule has 0 atom stereocenters. The quantitative estimate of drug-likeness (QED) is 0.895. The van der Waals surface area contributed by atoms with Gasteiger partial charge in [0.25, 0.3) is 0 Å². The van der Waals surface area contributed by atoms with Crippen molar-refractivity contribution in [3.05, 3.63) is 35.7 Å². The van der Waals surface area contributed by atoms with Crippen LogP contribution in [0.25, 0.3) is 11.1 Å². The standard InChI is InChI=1S/C14H19N3O/c1-10-8-11(4-5-14(10)18-3)12-9-16-17(2)13(12)6-7-15/h4-5,8-9H,6-7,15H2,1-3H3. The molecule has 0 aliphatic rings. The van der Waals surface area contributed by atoms with Gasteiger partial charge in [-0.05, 0) is 36.7 Å². The molecule has 1 aromatic carbocycles. The second-order valence-corrected chi connectivity index (χ2v) is 4.35. The van der Waals surface area contributed by atoms with Crippen LogP contribution >= 0.6 is 0 Å². The van der Waals surface area contributed by atoms with E-state index in [4.69, 9.17) is 10.5 Å². The van der Waals surface area contributed by atoms with Gasteiger partial charge in [0.2, 0.25) is 0 Å². The van der Waals surface area contributed by atoms with E-state index in [1.807, 2.05) is 30.9 Å². The van der Waals surface area contributed by atoms with Crippen LogP contribution in [-0.2, 0) is 13.5 Å². The van der Waals surface area contributed by atoms with E-state index in [1.165, 1.54) is 5.69 Å². The van der Waals surface area contributed by atoms with E-state index in [9.17, 15) is 0 Å². The molecule has 0 spiro atoms. The highest BCUT2D eigenvalue weighted by molar-refractivity contribution is 5.67. The zero-order valence-corrected chi connectivity index (χ0v) is 11.1. The van der Waals surface area contributed by atoms with Gasteiger partial charge in [-0.3, -0.25) is 4.68 Å². The molecule has 0 radical (unpaired) electrons. The maximum atomic E-state index is 5.65. The van der Waals surface area contributed by atoms with E-state index in [2.05, 4.69) is 17.2 Å². The van der Waals surface area contributed by atoms with Crippen LogP contribution in [0.2, 0.25) is 0 Å². The monoisotopic (exact) mass is 245 g/mol. The van der Waals surface area contributed by atoms with E-state index in [-0.39, 0.29) is 0 Å². The Kier molecular flexibility index (Phi) is 3.67. The first-order chi connectivity index (χ1) is 8.67. The third-order valence-electron chi connectivity index (χ3n) is 3.15. The van der Waals surface area contributed by atoms with Crippen molar-refractivity contribution < 1.29 is 4.74 Å². The predicted octanol–water partition coefficient (Wildman–Crippen LogP) is 1.91. The normalized spacial score (nSPS) is 10.7. The Morgan fingerprint density at radius 1 is 1.39 bits per heavy atom. The number of hydrogen-bond donors (Lipinski definition) is 1. The van der Waals surface area contributed by atoms with Crippen LogP contribution in [0.3, 0.4) is 0 Å². The Balaban J connectivity index is 2.45. The van der Waals surface area contributed by atoms with Crippen LogP contribution in [0.5, 0.6) is 5.75 Å². The van der Waals surface area contributed by atoms with E-state index >= 15 is 0 Å². The Morgan fingerprint density at radius 3 is 2.78 bits per heavy atom. The highest BCUT2D eigenvalue weighted by Crippen LogP contribution is 2.28. The second-order valence-electron chi connectivity index (χ2n) is 4.35. The predicted molar refractivity (Wildman–Crippen MR) is 72.7 cm³/mol. The molecule has 4 heteroatoms. The first kappa shape index (κ1) is 12.6. The highest BCUT2D eigenvalue weighted by Gasteiger charge is 2.11. The molecule has 0 bridgehead atoms. The summed E-state index contributed by atoms with van der Waals surface area (Å²) in [6, 6.07) is 6.17. The lowest BCUT2D eigenvalue weighted by Gasteiger charge is -2.08. The molecule has 1 heterocycles. The van der Waals surface area contributed by atoms with Crippen molar-refractivity contribution in [2.75, 3.05) is 13.7 Å². The molecule has 2 rings (SSSR count). The summed E-state index contributed by atoms with van der Waals surface area (Å²) < 4.78 is 7.17. The Hall–Kier alpha value is -1.81. The summed E-state index contributed by atoms with van der Waals surface area (Å²) >= 11 is 0. The van der Waals surface area contributed by atoms with Crippen LogP contribution in [0.15, 0.2) is 24.4 Å². The van der Waals surface area contributed by atoms with Crippen LogP contribution in [-0.4, -0.2) is 23.4 Å². The van der Waals surface area contributed by atoms with Crippen molar-refractivity contribution in [3.8, 4) is 16.9 Å². The summed E-state index contributed by atoms with van der Waals surface area (Å²) in [5, 5.41) is 4.31. The number of hydrogen-bond acceptors (Lipinski definition) is 3. The molecular formula is C14H19N3O. The largest absolute Gasteiger partial charge is 0.496 e. The van der Waals surface area contributed by atoms with E-state index in [0.29, 0.717) is 6.54 Å². The number of rotatable bonds is 4. The fourth-order valence-electron chi connectivity index (χ4n) is 2.18. The number of nitrogens with two attached hydrogens (primary N) is 1. The zero-order chi connectivity index (χ0) is 13.1. The van der Waals surface area contributed by atoms with Gasteiger partial charge in [-0.2, -0.15) is 5.10 Å². The highest BCUT2D eigenvalue weighted by atomic mass is 16.5. The van der Waals surface area contributed by atoms with Gasteiger partial charge in [0.05, 0.1) is 13.3 Å². The Bertz CT molecular complexity index is 546. The average molecular weight is 245 g/mol. The third-order valence-corrected chi connectivity index (χ3v) is 3.15. The summed E-state index contributed by atoms with van der Waals surface area (Å²) in [6.07, 6.45) is 2.73. The number of methoxy groups -OCH3 is 1. The first-order valence-corrected chi connectivity index (χ1v) is 6.03. The molecule has 18 heavy (non-hydrogen) atoms. The van der Waals surface area contributed by atoms with Crippen molar-refractivity contribution >= 4 is 0 Å². The molecule has 0 amide bonds. The van der Waals surface area contributed by atoms with Crippen LogP contribution in [0.4, 0.5) is 0 Å². The lowest BCUT2D eigenvalue weighted by atomic mass is 10.0. The summed E-state index contributed by atoms with van der Waals surface area (Å²) in [5.41, 5.74) is 10.2. The van der Waals surface area contributed by atoms with Crippen LogP contribution < -0.4 is 10.5 Å². The van der Waals surface area contributed by atoms with Gasteiger partial charge in [0.15, 0.2) is 0 Å². The molecule has 1 aromatic heterocycles. The van der Waals surface area contributed by atoms with Gasteiger partial charge in [0.1, 0.15) is 5.75 Å². The molecule has 0 unspecified atom stereocenters. The number of nitrogens with zero attached hydrogens (tertiary/aromatic N) is 2. The average Bonchev–Trinajstić information content (AvgIpc) is 2.72. The SMILES string of the molecule is COc1ccc(-c2cnn(C)c2CCN)cc1C. The zero-order valence-electron chi connectivity index (χ0n) is 11.1. The topological polar surface area (TPSA) is 53.1 Å². The molecule has 0 aliphatic heterocycles. The lowest BCUT2D eigenvalue weighted by Crippen LogP contribution is -2.08. The number of ether oxygens (including phenoxy) is 1. The summed E-state index contributed by atoms with van der Waals surface area (Å²) in [5.74, 6) is 0.906. The van der Waals surface area contributed by atoms with Gasteiger partial charge in [-0.15, -0.1) is 0 Å². The molecule has 96 valence electrons. The maximum absolute atomic E-state index is 5.65. The van der Waals surface area contributed by atoms with Crippen molar-refractivity contribution in [2.24, 2.45) is 12.8 Å². The molecule has 0 aliphatic carbocycles. The van der Waals surface area contributed by atoms with Crippen LogP contribution in [0.1, 0.15) is 11.3 Å². The van der Waals surface area contributed by atoms with Gasteiger partial charge in [-0.1, -0.05) is 6.07 Å². The number of aromatic nitrogens is 2. The summed E-state index contributed by atoms with van der Waals surface area (Å²) in [6.45, 7) is 2.67. The molecule has 0 saturated heterocycles. The molecular weight excluding hydrogens is 226 g/mol. The fraction of sp³-hybridized carbons (Fsp3) is 0.357. The smallest absolute Gasteiger partial charge is 0.121 e. The van der Waals surface area contributed by atoms with Crippen molar-refractivity contribution in [1.29, 1.82) is 0 Å². The molecule has 2 N–H and O–H groups in total. The maximum Gasteiger partial charge on any atom is 0.121 e. The number of aryl methyl sites for hydroxylation is 2. The van der Waals surface area contributed by atoms with E-state index in [1.54, 1.807) is 7.11 Å². The first-order valence-electron chi connectivity index (χ1n) is 6.03. The Labute approximate surface area is 107 Å². The number of benzene rings is 1. The molecule has 4 nitrogen and oxygen atoms in total. The van der Waals surface area contributed by atoms with E-state index < -0.39 is 0 Å². The summed E-state index contributed by atoms with van der Waals surface area (Å²) in [7, 11) is 3.64. The minimum Gasteiger partial charge on any atom is -0.496 e. The Morgan fingerprint density at radius 2 is 2.17 bits per heavy atom. The van der Waals surface area contributed by atoms with Gasteiger partial charge >= 0.3 is 0 Å². The van der Waals surface area contributed by atoms with Crippen LogP contribution in [0, 0.1) is 6.92 Å². The molecule has 2 aromatic rings. The van der Waals surface area contributed by atoms with Crippen molar-refractivity contribution in [1.82, 2.24) is 9.78 Å². The second kappa shape index (κ2) is 5.23. The van der Waals surface area contributed by atoms with Gasteiger partial charge in [0, 0.05) is 24.7 Å². The molecule has 0 fully saturated rings. The fourth-order valence-corrected chi connectivity index (χ4v) is 2.18. The van der Waals surface area contributed by atoms with Crippen molar-refractivity contribution in [2.45, 2.75) is 13.3 Å². The van der Waals surface area contributed by atoms with E-state index in [0.717, 1.165) is 28.9 Å². The van der Waals surface area contributed by atoms with Crippen molar-refractivity contribution in [3.63, 3.8) is 0 Å².